The van der Waals surface area contributed by atoms with E-state index in [-0.39, 0.29) is 11.3 Å². The quantitative estimate of drug-likeness (QED) is 0.568. The van der Waals surface area contributed by atoms with Crippen molar-refractivity contribution in [3.05, 3.63) is 11.8 Å². The van der Waals surface area contributed by atoms with Gasteiger partial charge in [0.1, 0.15) is 0 Å². The number of alkyl halides is 1. The highest BCUT2D eigenvalue weighted by atomic mass is 79.9. The Balaban J connectivity index is 2.62. The van der Waals surface area contributed by atoms with E-state index in [9.17, 15) is 4.79 Å². The first-order chi connectivity index (χ1) is 9.66. The van der Waals surface area contributed by atoms with Gasteiger partial charge in [0.2, 0.25) is 11.8 Å². The average molecular weight is 363 g/mol. The molecule has 1 amide bonds. The van der Waals surface area contributed by atoms with Crippen LogP contribution in [0.3, 0.4) is 0 Å². The summed E-state index contributed by atoms with van der Waals surface area (Å²) in [6, 6.07) is 1.72. The molecule has 1 N–H and O–H groups in total. The minimum atomic E-state index is -0.668. The molecule has 0 bridgehead atoms. The predicted octanol–water partition coefficient (Wildman–Crippen LogP) is 2.73. The number of amides is 1. The fourth-order valence-electron chi connectivity index (χ4n) is 1.46. The van der Waals surface area contributed by atoms with Gasteiger partial charge in [0, 0.05) is 18.6 Å². The fourth-order valence-corrected chi connectivity index (χ4v) is 1.56. The van der Waals surface area contributed by atoms with Crippen molar-refractivity contribution in [1.29, 1.82) is 0 Å². The van der Waals surface area contributed by atoms with Crippen molar-refractivity contribution in [1.82, 2.24) is 5.16 Å². The third-order valence-corrected chi connectivity index (χ3v) is 3.24. The van der Waals surface area contributed by atoms with Gasteiger partial charge in [0.05, 0.1) is 29.8 Å². The van der Waals surface area contributed by atoms with Crippen molar-refractivity contribution in [2.24, 2.45) is 0 Å². The van der Waals surface area contributed by atoms with Gasteiger partial charge in [-0.1, -0.05) is 34.9 Å². The lowest BCUT2D eigenvalue weighted by Crippen LogP contribution is -2.30. The van der Waals surface area contributed by atoms with Crippen LogP contribution < -0.4 is 5.32 Å². The van der Waals surface area contributed by atoms with Crippen molar-refractivity contribution < 1.29 is 18.8 Å². The molecule has 0 unspecified atom stereocenters. The van der Waals surface area contributed by atoms with Gasteiger partial charge >= 0.3 is 0 Å². The number of rotatable bonds is 8. The number of hydrogen-bond donors (Lipinski definition) is 1. The summed E-state index contributed by atoms with van der Waals surface area (Å²) in [6.45, 7) is 9.08. The zero-order valence-electron chi connectivity index (χ0n) is 13.2. The molecule has 1 aromatic heterocycles. The Labute approximate surface area is 133 Å². The van der Waals surface area contributed by atoms with Gasteiger partial charge in [-0.2, -0.15) is 0 Å². The number of carbonyl (C=O) groups excluding carboxylic acids is 1. The molecule has 0 saturated carbocycles. The van der Waals surface area contributed by atoms with Crippen LogP contribution in [0.2, 0.25) is 0 Å². The molecule has 0 aromatic carbocycles. The summed E-state index contributed by atoms with van der Waals surface area (Å²) in [7, 11) is 1.63. The maximum absolute atomic E-state index is 11.9. The van der Waals surface area contributed by atoms with Crippen LogP contribution >= 0.6 is 15.9 Å². The smallest absolute Gasteiger partial charge is 0.243 e. The highest BCUT2D eigenvalue weighted by Gasteiger charge is 2.28. The number of anilines is 1. The molecule has 0 radical (unpaired) electrons. The molecule has 1 rings (SSSR count). The van der Waals surface area contributed by atoms with Crippen LogP contribution in [0.25, 0.3) is 0 Å². The lowest BCUT2D eigenvalue weighted by atomic mass is 9.90. The Bertz CT molecular complexity index is 466. The summed E-state index contributed by atoms with van der Waals surface area (Å²) >= 11 is 3.29. The highest BCUT2D eigenvalue weighted by Crippen LogP contribution is 2.26. The van der Waals surface area contributed by atoms with Crippen molar-refractivity contribution in [2.45, 2.75) is 37.4 Å². The van der Waals surface area contributed by atoms with E-state index in [4.69, 9.17) is 14.0 Å². The lowest BCUT2D eigenvalue weighted by Gasteiger charge is -2.21. The number of methoxy groups -OCH3 is 1. The van der Waals surface area contributed by atoms with Crippen LogP contribution in [0, 0.1) is 0 Å². The van der Waals surface area contributed by atoms with Crippen LogP contribution in [0.5, 0.6) is 0 Å². The topological polar surface area (TPSA) is 73.6 Å². The minimum Gasteiger partial charge on any atom is -0.382 e. The summed E-state index contributed by atoms with van der Waals surface area (Å²) in [5.41, 5.74) is 0.409. The molecule has 0 saturated heterocycles. The second kappa shape index (κ2) is 7.38. The molecule has 1 aromatic rings. The third-order valence-electron chi connectivity index (χ3n) is 2.87. The molecule has 0 aliphatic carbocycles. The number of nitrogens with one attached hydrogen (secondary N) is 1. The highest BCUT2D eigenvalue weighted by molar-refractivity contribution is 9.10. The van der Waals surface area contributed by atoms with Gasteiger partial charge in [-0.25, -0.2) is 0 Å². The summed E-state index contributed by atoms with van der Waals surface area (Å²) in [6.07, 6.45) is 0. The van der Waals surface area contributed by atoms with E-state index in [2.05, 4.69) is 26.4 Å². The summed E-state index contributed by atoms with van der Waals surface area (Å²) in [4.78, 5) is 11.9. The zero-order valence-corrected chi connectivity index (χ0v) is 14.7. The molecule has 0 spiro atoms. The van der Waals surface area contributed by atoms with Crippen molar-refractivity contribution in [3.63, 3.8) is 0 Å². The molecule has 0 atom stereocenters. The lowest BCUT2D eigenvalue weighted by molar-refractivity contribution is -0.117. The van der Waals surface area contributed by atoms with Crippen LogP contribution in [0.15, 0.2) is 10.6 Å². The van der Waals surface area contributed by atoms with Gasteiger partial charge in [-0.3, -0.25) is 10.1 Å². The SMILES string of the molecule is COCCOCC(C)(C)c1cc(NC(=O)C(C)(C)Br)on1. The Morgan fingerprint density at radius 3 is 2.62 bits per heavy atom. The largest absolute Gasteiger partial charge is 0.382 e. The third kappa shape index (κ3) is 5.76. The molecule has 6 nitrogen and oxygen atoms in total. The van der Waals surface area contributed by atoms with Gasteiger partial charge in [-0.05, 0) is 13.8 Å². The molecule has 0 aliphatic heterocycles. The van der Waals surface area contributed by atoms with Gasteiger partial charge < -0.3 is 14.0 Å². The maximum Gasteiger partial charge on any atom is 0.243 e. The van der Waals surface area contributed by atoms with Gasteiger partial charge in [0.15, 0.2) is 0 Å². The first kappa shape index (κ1) is 18.1. The summed E-state index contributed by atoms with van der Waals surface area (Å²) in [5, 5.41) is 6.68. The molecule has 1 heterocycles. The number of hydrogen-bond acceptors (Lipinski definition) is 5. The molecule has 120 valence electrons. The predicted molar refractivity (Wildman–Crippen MR) is 83.9 cm³/mol. The normalized spacial score (nSPS) is 12.5. The monoisotopic (exact) mass is 362 g/mol. The Hall–Kier alpha value is -0.920. The van der Waals surface area contributed by atoms with E-state index >= 15 is 0 Å². The minimum absolute atomic E-state index is 0.195. The van der Waals surface area contributed by atoms with E-state index in [0.29, 0.717) is 25.7 Å². The van der Waals surface area contributed by atoms with Crippen LogP contribution in [-0.4, -0.2) is 42.3 Å². The Morgan fingerprint density at radius 2 is 2.05 bits per heavy atom. The van der Waals surface area contributed by atoms with Crippen LogP contribution in [0.4, 0.5) is 5.88 Å². The van der Waals surface area contributed by atoms with Gasteiger partial charge in [0.25, 0.3) is 0 Å². The fraction of sp³-hybridized carbons (Fsp3) is 0.714. The summed E-state index contributed by atoms with van der Waals surface area (Å²) in [5.74, 6) is 0.131. The Kier molecular flexibility index (Phi) is 6.37. The van der Waals surface area contributed by atoms with E-state index < -0.39 is 4.32 Å². The number of ether oxygens (including phenoxy) is 2. The summed E-state index contributed by atoms with van der Waals surface area (Å²) < 4.78 is 15.0. The molecule has 0 aliphatic rings. The maximum atomic E-state index is 11.9. The second-order valence-electron chi connectivity index (χ2n) is 5.93. The zero-order chi connectivity index (χ0) is 16.1. The first-order valence-electron chi connectivity index (χ1n) is 6.71. The van der Waals surface area contributed by atoms with Crippen molar-refractivity contribution in [3.8, 4) is 0 Å². The molecular formula is C14H23BrN2O4. The van der Waals surface area contributed by atoms with Gasteiger partial charge in [-0.15, -0.1) is 0 Å². The van der Waals surface area contributed by atoms with Crippen LogP contribution in [-0.2, 0) is 19.7 Å². The average Bonchev–Trinajstić information content (AvgIpc) is 2.83. The molecule has 7 heteroatoms. The van der Waals surface area contributed by atoms with E-state index in [1.165, 1.54) is 0 Å². The van der Waals surface area contributed by atoms with Crippen molar-refractivity contribution >= 4 is 27.7 Å². The van der Waals surface area contributed by atoms with Crippen molar-refractivity contribution in [2.75, 3.05) is 32.2 Å². The van der Waals surface area contributed by atoms with E-state index in [0.717, 1.165) is 5.69 Å². The number of nitrogens with zero attached hydrogens (tertiary/aromatic N) is 1. The first-order valence-corrected chi connectivity index (χ1v) is 7.50. The molecular weight excluding hydrogens is 340 g/mol. The molecule has 21 heavy (non-hydrogen) atoms. The second-order valence-corrected chi connectivity index (χ2v) is 7.91. The van der Waals surface area contributed by atoms with Crippen LogP contribution in [0.1, 0.15) is 33.4 Å². The number of carbonyl (C=O) groups is 1. The molecule has 0 fully saturated rings. The number of aromatic nitrogens is 1. The van der Waals surface area contributed by atoms with E-state index in [1.807, 2.05) is 13.8 Å². The standard InChI is InChI=1S/C14H23BrN2O4/c1-13(2,9-20-7-6-19-5)10-8-11(21-17-10)16-12(18)14(3,4)15/h8H,6-7,9H2,1-5H3,(H,16,18). The Morgan fingerprint density at radius 1 is 1.38 bits per heavy atom. The van der Waals surface area contributed by atoms with E-state index in [1.54, 1.807) is 27.0 Å². The number of halogens is 1.